The average molecular weight is 500 g/mol. The topological polar surface area (TPSA) is 60.0 Å². The van der Waals surface area contributed by atoms with Crippen molar-refractivity contribution in [3.8, 4) is 5.75 Å². The van der Waals surface area contributed by atoms with E-state index in [-0.39, 0.29) is 0 Å². The van der Waals surface area contributed by atoms with Crippen molar-refractivity contribution in [1.29, 1.82) is 0 Å². The van der Waals surface area contributed by atoms with Crippen molar-refractivity contribution in [2.45, 2.75) is 6.42 Å². The number of rotatable bonds is 9. The lowest BCUT2D eigenvalue weighted by Gasteiger charge is -2.42. The van der Waals surface area contributed by atoms with Crippen molar-refractivity contribution >= 4 is 29.2 Å². The molecule has 0 aliphatic carbocycles. The molecular weight excluding hydrogens is 462 g/mol. The fourth-order valence-corrected chi connectivity index (χ4v) is 5.06. The van der Waals surface area contributed by atoms with E-state index < -0.39 is 0 Å². The molecule has 2 fully saturated rings. The van der Waals surface area contributed by atoms with Crippen LogP contribution < -0.4 is 19.9 Å². The zero-order valence-electron chi connectivity index (χ0n) is 22.0. The van der Waals surface area contributed by atoms with Gasteiger partial charge >= 0.3 is 0 Å². The third-order valence-electron chi connectivity index (χ3n) is 7.49. The fourth-order valence-electron chi connectivity index (χ4n) is 5.06. The number of ether oxygens (including phenoxy) is 1. The van der Waals surface area contributed by atoms with Gasteiger partial charge in [-0.1, -0.05) is 19.7 Å². The molecule has 2 saturated heterocycles. The Kier molecular flexibility index (Phi) is 7.19. The number of likely N-dealkylation sites (tertiary alicyclic amines) is 1. The second-order valence-corrected chi connectivity index (χ2v) is 10.0. The van der Waals surface area contributed by atoms with Crippen LogP contribution in [0.2, 0.25) is 0 Å². The lowest BCUT2D eigenvalue weighted by Crippen LogP contribution is -2.46. The molecule has 0 unspecified atom stereocenters. The van der Waals surface area contributed by atoms with Crippen molar-refractivity contribution < 1.29 is 4.74 Å². The van der Waals surface area contributed by atoms with Crippen LogP contribution in [0, 0.1) is 5.92 Å². The van der Waals surface area contributed by atoms with Crippen LogP contribution in [0.15, 0.2) is 67.7 Å². The van der Waals surface area contributed by atoms with Crippen LogP contribution in [0.4, 0.5) is 23.1 Å². The van der Waals surface area contributed by atoms with E-state index in [9.17, 15) is 0 Å². The number of nitrogens with one attached hydrogen (secondary N) is 1. The molecule has 3 aliphatic rings. The summed E-state index contributed by atoms with van der Waals surface area (Å²) in [4.78, 5) is 18.7. The highest BCUT2D eigenvalue weighted by atomic mass is 16.5. The largest absolute Gasteiger partial charge is 0.495 e. The standard InChI is InChI=1S/C29H37N7O/c1-6-21(2)35-19-23(20-35)11-12-36-22(3)7-8-24-18-30-29(32-28(24)36)31-25-9-10-26(27(17-25)37-5)34-15-13-33(4)14-16-34/h6-10,17-18,23H,1-3,11-16,19-20H2,4-5H3,(H,30,31,32). The van der Waals surface area contributed by atoms with Crippen molar-refractivity contribution in [2.24, 2.45) is 5.92 Å². The average Bonchev–Trinajstić information content (AvgIpc) is 2.89. The van der Waals surface area contributed by atoms with Gasteiger partial charge in [0.1, 0.15) is 11.6 Å². The molecule has 0 atom stereocenters. The highest BCUT2D eigenvalue weighted by Crippen LogP contribution is 2.34. The number of nitrogens with zero attached hydrogens (tertiary/aromatic N) is 6. The number of fused-ring (bicyclic) bond motifs is 1. The van der Waals surface area contributed by atoms with E-state index in [0.29, 0.717) is 11.9 Å². The predicted octanol–water partition coefficient (Wildman–Crippen LogP) is 4.35. The Morgan fingerprint density at radius 1 is 1.19 bits per heavy atom. The van der Waals surface area contributed by atoms with Gasteiger partial charge in [-0.05, 0) is 49.7 Å². The molecule has 8 nitrogen and oxygen atoms in total. The number of aromatic nitrogens is 2. The summed E-state index contributed by atoms with van der Waals surface area (Å²) in [6, 6.07) is 6.20. The summed E-state index contributed by atoms with van der Waals surface area (Å²) in [6.45, 7) is 19.1. The van der Waals surface area contributed by atoms with E-state index in [4.69, 9.17) is 9.72 Å². The molecule has 5 rings (SSSR count). The Hall–Kier alpha value is -3.78. The number of methoxy groups -OCH3 is 1. The Labute approximate surface area is 220 Å². The Balaban J connectivity index is 1.28. The first-order chi connectivity index (χ1) is 17.9. The van der Waals surface area contributed by atoms with Gasteiger partial charge in [0.25, 0.3) is 0 Å². The van der Waals surface area contributed by atoms with Crippen LogP contribution in [-0.4, -0.2) is 79.7 Å². The molecule has 1 N–H and O–H groups in total. The first-order valence-corrected chi connectivity index (χ1v) is 12.9. The van der Waals surface area contributed by atoms with Crippen LogP contribution in [0.3, 0.4) is 0 Å². The molecule has 0 amide bonds. The molecule has 37 heavy (non-hydrogen) atoms. The summed E-state index contributed by atoms with van der Waals surface area (Å²) in [7, 11) is 3.88. The van der Waals surface area contributed by atoms with Gasteiger partial charge in [0.2, 0.25) is 5.95 Å². The van der Waals surface area contributed by atoms with Gasteiger partial charge in [0.05, 0.1) is 12.8 Å². The molecule has 0 saturated carbocycles. The monoisotopic (exact) mass is 499 g/mol. The quantitative estimate of drug-likeness (QED) is 0.511. The molecule has 4 heterocycles. The molecule has 3 aliphatic heterocycles. The second-order valence-electron chi connectivity index (χ2n) is 10.0. The predicted molar refractivity (Wildman–Crippen MR) is 153 cm³/mol. The van der Waals surface area contributed by atoms with Gasteiger partial charge in [-0.25, -0.2) is 4.98 Å². The Morgan fingerprint density at radius 2 is 1.97 bits per heavy atom. The van der Waals surface area contributed by atoms with E-state index in [0.717, 1.165) is 92.1 Å². The van der Waals surface area contributed by atoms with Crippen LogP contribution in [0.1, 0.15) is 12.0 Å². The third kappa shape index (κ3) is 5.34. The zero-order valence-corrected chi connectivity index (χ0v) is 22.0. The maximum Gasteiger partial charge on any atom is 0.229 e. The van der Waals surface area contributed by atoms with Gasteiger partial charge in [0.15, 0.2) is 0 Å². The first kappa shape index (κ1) is 24.9. The first-order valence-electron chi connectivity index (χ1n) is 12.9. The third-order valence-corrected chi connectivity index (χ3v) is 7.49. The normalized spacial score (nSPS) is 17.9. The lowest BCUT2D eigenvalue weighted by atomic mass is 9.95. The minimum absolute atomic E-state index is 0.554. The number of hydrogen-bond acceptors (Lipinski definition) is 8. The summed E-state index contributed by atoms with van der Waals surface area (Å²) in [5, 5.41) is 3.38. The summed E-state index contributed by atoms with van der Waals surface area (Å²) >= 11 is 0. The van der Waals surface area contributed by atoms with E-state index in [2.05, 4.69) is 68.8 Å². The number of hydrogen-bond donors (Lipinski definition) is 1. The number of allylic oxidation sites excluding steroid dienone is 2. The highest BCUT2D eigenvalue weighted by Gasteiger charge is 2.28. The van der Waals surface area contributed by atoms with E-state index in [1.54, 1.807) is 7.11 Å². The highest BCUT2D eigenvalue weighted by molar-refractivity contribution is 5.74. The molecule has 1 aromatic carbocycles. The van der Waals surface area contributed by atoms with Crippen molar-refractivity contribution in [3.63, 3.8) is 0 Å². The van der Waals surface area contributed by atoms with E-state index in [1.807, 2.05) is 30.5 Å². The SMILES string of the molecule is C=CC(=C)N1CC(CCN2C(=C)C=Cc3cnc(Nc4ccc(N5CCN(C)CC5)c(OC)c4)nc32)C1. The summed E-state index contributed by atoms with van der Waals surface area (Å²) in [5.41, 5.74) is 4.96. The molecule has 1 aromatic heterocycles. The maximum atomic E-state index is 5.75. The Morgan fingerprint density at radius 3 is 2.70 bits per heavy atom. The van der Waals surface area contributed by atoms with Gasteiger partial charge in [-0.2, -0.15) is 4.98 Å². The van der Waals surface area contributed by atoms with Crippen LogP contribution in [-0.2, 0) is 0 Å². The summed E-state index contributed by atoms with van der Waals surface area (Å²) < 4.78 is 5.75. The lowest BCUT2D eigenvalue weighted by molar-refractivity contribution is 0.143. The van der Waals surface area contributed by atoms with Gasteiger partial charge in [0, 0.05) is 80.7 Å². The second kappa shape index (κ2) is 10.7. The molecule has 0 spiro atoms. The number of likely N-dealkylation sites (N-methyl/N-ethyl adjacent to an activating group) is 1. The molecule has 194 valence electrons. The smallest absolute Gasteiger partial charge is 0.229 e. The van der Waals surface area contributed by atoms with Crippen molar-refractivity contribution in [2.75, 3.05) is 75.1 Å². The summed E-state index contributed by atoms with van der Waals surface area (Å²) in [6.07, 6.45) is 8.82. The van der Waals surface area contributed by atoms with Crippen LogP contribution in [0.25, 0.3) is 6.08 Å². The van der Waals surface area contributed by atoms with E-state index in [1.165, 1.54) is 0 Å². The Bertz CT molecular complexity index is 1210. The molecular formula is C29H37N7O. The minimum atomic E-state index is 0.554. The number of benzene rings is 1. The maximum absolute atomic E-state index is 5.75. The van der Waals surface area contributed by atoms with Gasteiger partial charge < -0.3 is 29.7 Å². The van der Waals surface area contributed by atoms with Gasteiger partial charge in [-0.3, -0.25) is 0 Å². The van der Waals surface area contributed by atoms with E-state index >= 15 is 0 Å². The van der Waals surface area contributed by atoms with Crippen molar-refractivity contribution in [1.82, 2.24) is 19.8 Å². The van der Waals surface area contributed by atoms with Crippen LogP contribution >= 0.6 is 0 Å². The number of piperazine rings is 1. The zero-order chi connectivity index (χ0) is 25.9. The van der Waals surface area contributed by atoms with Gasteiger partial charge in [-0.15, -0.1) is 0 Å². The van der Waals surface area contributed by atoms with Crippen molar-refractivity contribution in [3.05, 3.63) is 73.2 Å². The molecule has 8 heteroatoms. The molecule has 0 radical (unpaired) electrons. The summed E-state index contributed by atoms with van der Waals surface area (Å²) in [5.74, 6) is 2.92. The number of anilines is 4. The minimum Gasteiger partial charge on any atom is -0.495 e. The van der Waals surface area contributed by atoms with Crippen LogP contribution in [0.5, 0.6) is 5.75 Å². The fraction of sp³-hybridized carbons (Fsp3) is 0.379. The molecule has 0 bridgehead atoms. The molecule has 2 aromatic rings.